The Morgan fingerprint density at radius 2 is 2.32 bits per heavy atom. The van der Waals surface area contributed by atoms with Gasteiger partial charge in [-0.1, -0.05) is 12.1 Å². The van der Waals surface area contributed by atoms with Crippen molar-refractivity contribution in [3.63, 3.8) is 0 Å². The number of hydrogen-bond donors (Lipinski definition) is 1. The van der Waals surface area contributed by atoms with Crippen molar-refractivity contribution >= 4 is 12.1 Å². The molecule has 0 saturated heterocycles. The molecule has 0 radical (unpaired) electrons. The summed E-state index contributed by atoms with van der Waals surface area (Å²) in [6.07, 6.45) is 5.71. The predicted octanol–water partition coefficient (Wildman–Crippen LogP) is 1.11. The molecule has 92 valence electrons. The quantitative estimate of drug-likeness (QED) is 0.653. The molecule has 6 heteroatoms. The second-order valence-corrected chi connectivity index (χ2v) is 3.53. The minimum atomic E-state index is -0.444. The van der Waals surface area contributed by atoms with Crippen LogP contribution in [0.4, 0.5) is 0 Å². The SMILES string of the molecule is N#Cc1cccc(/C=N/NC(=O)c2cnccn2)c1. The van der Waals surface area contributed by atoms with E-state index in [9.17, 15) is 4.79 Å². The molecule has 2 rings (SSSR count). The van der Waals surface area contributed by atoms with Gasteiger partial charge in [0.25, 0.3) is 5.91 Å². The molecule has 0 bridgehead atoms. The Hall–Kier alpha value is -3.07. The zero-order chi connectivity index (χ0) is 13.5. The summed E-state index contributed by atoms with van der Waals surface area (Å²) in [5.41, 5.74) is 3.77. The van der Waals surface area contributed by atoms with Crippen molar-refractivity contribution in [1.29, 1.82) is 5.26 Å². The van der Waals surface area contributed by atoms with Crippen LogP contribution in [0, 0.1) is 11.3 Å². The average molecular weight is 251 g/mol. The third kappa shape index (κ3) is 3.44. The minimum absolute atomic E-state index is 0.186. The molecule has 0 atom stereocenters. The largest absolute Gasteiger partial charge is 0.291 e. The lowest BCUT2D eigenvalue weighted by Crippen LogP contribution is -2.19. The van der Waals surface area contributed by atoms with Crippen LogP contribution in [0.3, 0.4) is 0 Å². The van der Waals surface area contributed by atoms with Gasteiger partial charge in [-0.3, -0.25) is 9.78 Å². The Morgan fingerprint density at radius 3 is 3.05 bits per heavy atom. The van der Waals surface area contributed by atoms with Crippen LogP contribution >= 0.6 is 0 Å². The molecule has 0 spiro atoms. The van der Waals surface area contributed by atoms with E-state index in [0.29, 0.717) is 5.56 Å². The molecular formula is C13H9N5O. The highest BCUT2D eigenvalue weighted by Crippen LogP contribution is 2.01. The van der Waals surface area contributed by atoms with E-state index in [1.54, 1.807) is 24.3 Å². The summed E-state index contributed by atoms with van der Waals surface area (Å²) in [5.74, 6) is -0.444. The van der Waals surface area contributed by atoms with Crippen molar-refractivity contribution in [1.82, 2.24) is 15.4 Å². The number of nitrogens with one attached hydrogen (secondary N) is 1. The first-order valence-corrected chi connectivity index (χ1v) is 5.39. The van der Waals surface area contributed by atoms with Crippen LogP contribution < -0.4 is 5.43 Å². The normalized spacial score (nSPS) is 10.1. The summed E-state index contributed by atoms with van der Waals surface area (Å²) in [7, 11) is 0. The second-order valence-electron chi connectivity index (χ2n) is 3.53. The number of nitriles is 1. The van der Waals surface area contributed by atoms with E-state index < -0.39 is 5.91 Å². The zero-order valence-corrected chi connectivity index (χ0v) is 9.82. The monoisotopic (exact) mass is 251 g/mol. The molecule has 0 saturated carbocycles. The molecule has 0 unspecified atom stereocenters. The van der Waals surface area contributed by atoms with Crippen molar-refractivity contribution in [2.75, 3.05) is 0 Å². The number of benzene rings is 1. The molecule has 0 aliphatic rings. The Kier molecular flexibility index (Phi) is 3.93. The van der Waals surface area contributed by atoms with Crippen LogP contribution in [-0.2, 0) is 0 Å². The Balaban J connectivity index is 2.00. The maximum atomic E-state index is 11.6. The van der Waals surface area contributed by atoms with Gasteiger partial charge < -0.3 is 0 Å². The van der Waals surface area contributed by atoms with E-state index in [1.807, 2.05) is 6.07 Å². The van der Waals surface area contributed by atoms with Gasteiger partial charge in [-0.25, -0.2) is 10.4 Å². The highest BCUT2D eigenvalue weighted by Gasteiger charge is 2.04. The lowest BCUT2D eigenvalue weighted by Gasteiger charge is -1.97. The summed E-state index contributed by atoms with van der Waals surface area (Å²) in [5, 5.41) is 12.5. The number of hydrazone groups is 1. The summed E-state index contributed by atoms with van der Waals surface area (Å²) < 4.78 is 0. The Morgan fingerprint density at radius 1 is 1.42 bits per heavy atom. The van der Waals surface area contributed by atoms with E-state index in [0.717, 1.165) is 5.56 Å². The van der Waals surface area contributed by atoms with Crippen LogP contribution in [0.1, 0.15) is 21.6 Å². The molecule has 0 aliphatic carbocycles. The number of hydrogen-bond acceptors (Lipinski definition) is 5. The van der Waals surface area contributed by atoms with Crippen molar-refractivity contribution in [2.24, 2.45) is 5.10 Å². The van der Waals surface area contributed by atoms with Gasteiger partial charge >= 0.3 is 0 Å². The van der Waals surface area contributed by atoms with Gasteiger partial charge in [0.1, 0.15) is 5.69 Å². The third-order valence-corrected chi connectivity index (χ3v) is 2.19. The summed E-state index contributed by atoms with van der Waals surface area (Å²) in [4.78, 5) is 19.2. The van der Waals surface area contributed by atoms with Gasteiger partial charge in [0.15, 0.2) is 0 Å². The van der Waals surface area contributed by atoms with Crippen LogP contribution in [0.25, 0.3) is 0 Å². The molecule has 6 nitrogen and oxygen atoms in total. The molecule has 1 amide bonds. The molecule has 1 N–H and O–H groups in total. The van der Waals surface area contributed by atoms with E-state index in [-0.39, 0.29) is 5.69 Å². The van der Waals surface area contributed by atoms with E-state index >= 15 is 0 Å². The van der Waals surface area contributed by atoms with E-state index in [2.05, 4.69) is 20.5 Å². The lowest BCUT2D eigenvalue weighted by atomic mass is 10.1. The van der Waals surface area contributed by atoms with Crippen molar-refractivity contribution in [3.8, 4) is 6.07 Å². The van der Waals surface area contributed by atoms with Crippen molar-refractivity contribution < 1.29 is 4.79 Å². The predicted molar refractivity (Wildman–Crippen MR) is 68.2 cm³/mol. The van der Waals surface area contributed by atoms with Gasteiger partial charge in [0.2, 0.25) is 0 Å². The molecule has 0 aliphatic heterocycles. The fourth-order valence-electron chi connectivity index (χ4n) is 1.33. The van der Waals surface area contributed by atoms with Gasteiger partial charge in [0.05, 0.1) is 24.0 Å². The van der Waals surface area contributed by atoms with Crippen LogP contribution in [0.5, 0.6) is 0 Å². The molecule has 1 aromatic carbocycles. The molecule has 1 heterocycles. The maximum Gasteiger partial charge on any atom is 0.291 e. The van der Waals surface area contributed by atoms with E-state index in [4.69, 9.17) is 5.26 Å². The number of rotatable bonds is 3. The number of carbonyl (C=O) groups is 1. The summed E-state index contributed by atoms with van der Waals surface area (Å²) >= 11 is 0. The third-order valence-electron chi connectivity index (χ3n) is 2.19. The molecule has 2 aromatic rings. The van der Waals surface area contributed by atoms with Crippen LogP contribution in [0.15, 0.2) is 48.0 Å². The standard InChI is InChI=1S/C13H9N5O/c14-7-10-2-1-3-11(6-10)8-17-18-13(19)12-9-15-4-5-16-12/h1-6,8-9H,(H,18,19)/b17-8+. The van der Waals surface area contributed by atoms with Gasteiger partial charge in [0, 0.05) is 12.4 Å². The summed E-state index contributed by atoms with van der Waals surface area (Å²) in [6.45, 7) is 0. The number of aromatic nitrogens is 2. The Labute approximate surface area is 109 Å². The molecular weight excluding hydrogens is 242 g/mol. The smallest absolute Gasteiger partial charge is 0.265 e. The average Bonchev–Trinajstić information content (AvgIpc) is 2.48. The number of amides is 1. The second kappa shape index (κ2) is 6.02. The fraction of sp³-hybridized carbons (Fsp3) is 0. The van der Waals surface area contributed by atoms with Gasteiger partial charge in [-0.05, 0) is 17.7 Å². The van der Waals surface area contributed by atoms with E-state index in [1.165, 1.54) is 24.8 Å². The van der Waals surface area contributed by atoms with Crippen LogP contribution in [0.2, 0.25) is 0 Å². The highest BCUT2D eigenvalue weighted by molar-refractivity contribution is 5.92. The summed E-state index contributed by atoms with van der Waals surface area (Å²) in [6, 6.07) is 8.90. The first kappa shape index (κ1) is 12.4. The van der Waals surface area contributed by atoms with Crippen molar-refractivity contribution in [2.45, 2.75) is 0 Å². The zero-order valence-electron chi connectivity index (χ0n) is 9.82. The topological polar surface area (TPSA) is 91.0 Å². The maximum absolute atomic E-state index is 11.6. The van der Waals surface area contributed by atoms with Crippen molar-refractivity contribution in [3.05, 3.63) is 59.7 Å². The Bertz CT molecular complexity index is 646. The molecule has 0 fully saturated rings. The molecule has 19 heavy (non-hydrogen) atoms. The first-order valence-electron chi connectivity index (χ1n) is 5.39. The lowest BCUT2D eigenvalue weighted by molar-refractivity contribution is 0.0950. The highest BCUT2D eigenvalue weighted by atomic mass is 16.2. The fourth-order valence-corrected chi connectivity index (χ4v) is 1.33. The number of carbonyl (C=O) groups excluding carboxylic acids is 1. The first-order chi connectivity index (χ1) is 9.29. The minimum Gasteiger partial charge on any atom is -0.265 e. The van der Waals surface area contributed by atoms with Crippen LogP contribution in [-0.4, -0.2) is 22.1 Å². The number of nitrogens with zero attached hydrogens (tertiary/aromatic N) is 4. The molecule has 1 aromatic heterocycles. The van der Waals surface area contributed by atoms with Gasteiger partial charge in [-0.2, -0.15) is 10.4 Å². The van der Waals surface area contributed by atoms with Gasteiger partial charge in [-0.15, -0.1) is 0 Å².